The van der Waals surface area contributed by atoms with Crippen molar-refractivity contribution in [3.63, 3.8) is 0 Å². The third kappa shape index (κ3) is 4.54. The topological polar surface area (TPSA) is 103 Å². The van der Waals surface area contributed by atoms with Crippen LogP contribution in [0, 0.1) is 10.1 Å². The Morgan fingerprint density at radius 2 is 1.84 bits per heavy atom. The minimum atomic E-state index is -0.534. The third-order valence-electron chi connectivity index (χ3n) is 3.21. The van der Waals surface area contributed by atoms with E-state index in [1.54, 1.807) is 12.1 Å². The molecule has 25 heavy (non-hydrogen) atoms. The van der Waals surface area contributed by atoms with Crippen LogP contribution in [0.5, 0.6) is 11.5 Å². The van der Waals surface area contributed by atoms with Crippen molar-refractivity contribution in [3.05, 3.63) is 62.1 Å². The second kappa shape index (κ2) is 8.25. The molecule has 0 radical (unpaired) electrons. The minimum Gasteiger partial charge on any atom is -0.496 e. The molecular weight excluding hydrogens is 394 g/mol. The number of hydrazone groups is 1. The van der Waals surface area contributed by atoms with Gasteiger partial charge in [0.05, 0.1) is 29.8 Å². The van der Waals surface area contributed by atoms with E-state index in [0.29, 0.717) is 21.5 Å². The van der Waals surface area contributed by atoms with E-state index in [1.165, 1.54) is 44.7 Å². The Balaban J connectivity index is 2.11. The molecule has 0 saturated carbocycles. The first kappa shape index (κ1) is 18.4. The third-order valence-corrected chi connectivity index (χ3v) is 3.83. The summed E-state index contributed by atoms with van der Waals surface area (Å²) < 4.78 is 11.1. The van der Waals surface area contributed by atoms with Gasteiger partial charge >= 0.3 is 0 Å². The van der Waals surface area contributed by atoms with E-state index in [-0.39, 0.29) is 11.3 Å². The van der Waals surface area contributed by atoms with Gasteiger partial charge in [-0.15, -0.1) is 0 Å². The molecule has 8 nitrogen and oxygen atoms in total. The van der Waals surface area contributed by atoms with E-state index in [9.17, 15) is 14.9 Å². The van der Waals surface area contributed by atoms with E-state index in [1.807, 2.05) is 0 Å². The number of nitro groups is 1. The van der Waals surface area contributed by atoms with Gasteiger partial charge in [0, 0.05) is 29.3 Å². The first-order valence-corrected chi connectivity index (χ1v) is 7.75. The van der Waals surface area contributed by atoms with E-state index in [4.69, 9.17) is 9.47 Å². The van der Waals surface area contributed by atoms with Gasteiger partial charge in [-0.3, -0.25) is 14.9 Å². The van der Waals surface area contributed by atoms with Crippen LogP contribution in [0.2, 0.25) is 0 Å². The van der Waals surface area contributed by atoms with Crippen molar-refractivity contribution in [2.75, 3.05) is 14.2 Å². The van der Waals surface area contributed by atoms with E-state index < -0.39 is 10.8 Å². The monoisotopic (exact) mass is 407 g/mol. The van der Waals surface area contributed by atoms with Crippen LogP contribution in [0.4, 0.5) is 5.69 Å². The van der Waals surface area contributed by atoms with Gasteiger partial charge in [0.1, 0.15) is 11.5 Å². The van der Waals surface area contributed by atoms with E-state index >= 15 is 0 Å². The molecular formula is C16H14BrN3O5. The quantitative estimate of drug-likeness (QED) is 0.450. The van der Waals surface area contributed by atoms with Crippen LogP contribution in [0.15, 0.2) is 46.0 Å². The number of hydrogen-bond acceptors (Lipinski definition) is 6. The number of nitro benzene ring substituents is 1. The molecule has 1 amide bonds. The van der Waals surface area contributed by atoms with Crippen molar-refractivity contribution in [2.24, 2.45) is 5.10 Å². The summed E-state index contributed by atoms with van der Waals surface area (Å²) in [5, 5.41) is 14.5. The molecule has 0 aliphatic heterocycles. The largest absolute Gasteiger partial charge is 0.496 e. The van der Waals surface area contributed by atoms with Crippen molar-refractivity contribution in [1.29, 1.82) is 0 Å². The molecule has 0 heterocycles. The summed E-state index contributed by atoms with van der Waals surface area (Å²) in [7, 11) is 3.05. The van der Waals surface area contributed by atoms with Crippen molar-refractivity contribution in [3.8, 4) is 11.5 Å². The highest BCUT2D eigenvalue weighted by Gasteiger charge is 2.10. The number of carbonyl (C=O) groups is 1. The zero-order valence-electron chi connectivity index (χ0n) is 13.4. The van der Waals surface area contributed by atoms with Gasteiger partial charge in [-0.2, -0.15) is 5.10 Å². The van der Waals surface area contributed by atoms with Gasteiger partial charge in [0.15, 0.2) is 0 Å². The number of non-ortho nitro benzene ring substituents is 1. The summed E-state index contributed by atoms with van der Waals surface area (Å²) in [5.41, 5.74) is 3.14. The molecule has 130 valence electrons. The summed E-state index contributed by atoms with van der Waals surface area (Å²) in [6.45, 7) is 0. The molecule has 0 unspecified atom stereocenters. The summed E-state index contributed by atoms with van der Waals surface area (Å²) in [5.74, 6) is 0.634. The fourth-order valence-electron chi connectivity index (χ4n) is 1.94. The van der Waals surface area contributed by atoms with Gasteiger partial charge in [-0.1, -0.05) is 0 Å². The highest BCUT2D eigenvalue weighted by molar-refractivity contribution is 9.10. The number of rotatable bonds is 6. The Labute approximate surface area is 151 Å². The zero-order chi connectivity index (χ0) is 18.4. The van der Waals surface area contributed by atoms with Crippen LogP contribution in [0.3, 0.4) is 0 Å². The predicted molar refractivity (Wildman–Crippen MR) is 95.4 cm³/mol. The Kier molecular flexibility index (Phi) is 6.07. The SMILES string of the molecule is COc1cc(OC)c(/C=N/NC(=O)c2ccc([N+](=O)[O-])cc2)cc1Br. The zero-order valence-corrected chi connectivity index (χ0v) is 14.9. The molecule has 2 rings (SSSR count). The molecule has 2 aromatic carbocycles. The maximum atomic E-state index is 12.0. The van der Waals surface area contributed by atoms with Crippen molar-refractivity contribution >= 4 is 33.7 Å². The molecule has 0 aromatic heterocycles. The van der Waals surface area contributed by atoms with Crippen molar-refractivity contribution in [2.45, 2.75) is 0 Å². The van der Waals surface area contributed by atoms with Crippen LogP contribution >= 0.6 is 15.9 Å². The highest BCUT2D eigenvalue weighted by atomic mass is 79.9. The number of halogens is 1. The number of benzene rings is 2. The lowest BCUT2D eigenvalue weighted by atomic mass is 10.2. The van der Waals surface area contributed by atoms with Gasteiger partial charge < -0.3 is 9.47 Å². The maximum absolute atomic E-state index is 12.0. The normalized spacial score (nSPS) is 10.5. The predicted octanol–water partition coefficient (Wildman–Crippen LogP) is 3.14. The summed E-state index contributed by atoms with van der Waals surface area (Å²) in [4.78, 5) is 22.1. The molecule has 9 heteroatoms. The molecule has 1 N–H and O–H groups in total. The standard InChI is InChI=1S/C16H14BrN3O5/c1-24-14-8-15(25-2)13(17)7-11(14)9-18-19-16(21)10-3-5-12(6-4-10)20(22)23/h3-9H,1-2H3,(H,19,21)/b18-9+. The molecule has 0 saturated heterocycles. The second-order valence-corrected chi connectivity index (χ2v) is 5.59. The van der Waals surface area contributed by atoms with E-state index in [2.05, 4.69) is 26.5 Å². The fourth-order valence-corrected chi connectivity index (χ4v) is 2.47. The molecule has 0 fully saturated rings. The van der Waals surface area contributed by atoms with Gasteiger partial charge in [-0.25, -0.2) is 5.43 Å². The molecule has 2 aromatic rings. The van der Waals surface area contributed by atoms with Crippen molar-refractivity contribution < 1.29 is 19.2 Å². The summed E-state index contributed by atoms with van der Waals surface area (Å²) in [6, 6.07) is 8.63. The van der Waals surface area contributed by atoms with Crippen LogP contribution in [0.1, 0.15) is 15.9 Å². The lowest BCUT2D eigenvalue weighted by molar-refractivity contribution is -0.384. The Hall–Kier alpha value is -2.94. The number of methoxy groups -OCH3 is 2. The molecule has 0 atom stereocenters. The number of nitrogens with one attached hydrogen (secondary N) is 1. The number of ether oxygens (including phenoxy) is 2. The average Bonchev–Trinajstić information content (AvgIpc) is 2.61. The Morgan fingerprint density at radius 3 is 2.40 bits per heavy atom. The summed E-state index contributed by atoms with van der Waals surface area (Å²) >= 11 is 3.36. The van der Waals surface area contributed by atoms with Crippen molar-refractivity contribution in [1.82, 2.24) is 5.43 Å². The van der Waals surface area contributed by atoms with Gasteiger partial charge in [-0.05, 0) is 34.1 Å². The lowest BCUT2D eigenvalue weighted by Gasteiger charge is -2.09. The minimum absolute atomic E-state index is 0.0899. The number of nitrogens with zero attached hydrogens (tertiary/aromatic N) is 2. The first-order chi connectivity index (χ1) is 12.0. The molecule has 0 spiro atoms. The molecule has 0 aliphatic rings. The van der Waals surface area contributed by atoms with Crippen LogP contribution in [0.25, 0.3) is 0 Å². The van der Waals surface area contributed by atoms with E-state index in [0.717, 1.165) is 0 Å². The Bertz CT molecular complexity index is 821. The lowest BCUT2D eigenvalue weighted by Crippen LogP contribution is -2.17. The highest BCUT2D eigenvalue weighted by Crippen LogP contribution is 2.31. The number of carbonyl (C=O) groups excluding carboxylic acids is 1. The van der Waals surface area contributed by atoms with Crippen LogP contribution < -0.4 is 14.9 Å². The molecule has 0 bridgehead atoms. The smallest absolute Gasteiger partial charge is 0.271 e. The van der Waals surface area contributed by atoms with Crippen LogP contribution in [-0.2, 0) is 0 Å². The van der Waals surface area contributed by atoms with Gasteiger partial charge in [0.2, 0.25) is 0 Å². The van der Waals surface area contributed by atoms with Gasteiger partial charge in [0.25, 0.3) is 11.6 Å². The number of hydrogen-bond donors (Lipinski definition) is 1. The Morgan fingerprint density at radius 1 is 1.20 bits per heavy atom. The average molecular weight is 408 g/mol. The maximum Gasteiger partial charge on any atom is 0.271 e. The second-order valence-electron chi connectivity index (χ2n) is 4.73. The summed E-state index contributed by atoms with van der Waals surface area (Å²) in [6.07, 6.45) is 1.42. The number of amides is 1. The first-order valence-electron chi connectivity index (χ1n) is 6.95. The fraction of sp³-hybridized carbons (Fsp3) is 0.125. The molecule has 0 aliphatic carbocycles. The van der Waals surface area contributed by atoms with Crippen LogP contribution in [-0.4, -0.2) is 31.3 Å².